The number of nitrogens with zero attached hydrogens (tertiary/aromatic N) is 1. The summed E-state index contributed by atoms with van der Waals surface area (Å²) in [4.78, 5) is 14.3. The highest BCUT2D eigenvalue weighted by Gasteiger charge is 2.34. The Hall–Kier alpha value is -1.71. The van der Waals surface area contributed by atoms with Crippen LogP contribution in [0.2, 0.25) is 0 Å². The maximum Gasteiger partial charge on any atom is 0.257 e. The molecule has 0 saturated heterocycles. The lowest BCUT2D eigenvalue weighted by Gasteiger charge is -2.25. The zero-order valence-corrected chi connectivity index (χ0v) is 10.9. The van der Waals surface area contributed by atoms with Crippen molar-refractivity contribution in [1.82, 2.24) is 4.90 Å². The molecule has 2 rings (SSSR count). The molecule has 18 heavy (non-hydrogen) atoms. The van der Waals surface area contributed by atoms with E-state index in [0.29, 0.717) is 17.5 Å². The Labute approximate surface area is 107 Å². The van der Waals surface area contributed by atoms with Crippen LogP contribution in [0.3, 0.4) is 0 Å². The Bertz CT molecular complexity index is 453. The van der Waals surface area contributed by atoms with Gasteiger partial charge in [0.1, 0.15) is 0 Å². The van der Waals surface area contributed by atoms with E-state index in [1.54, 1.807) is 18.2 Å². The first-order valence-electron chi connectivity index (χ1n) is 6.39. The Morgan fingerprint density at radius 1 is 1.50 bits per heavy atom. The summed E-state index contributed by atoms with van der Waals surface area (Å²) >= 11 is 0. The van der Waals surface area contributed by atoms with Gasteiger partial charge in [-0.15, -0.1) is 0 Å². The van der Waals surface area contributed by atoms with Crippen LogP contribution in [0, 0.1) is 5.92 Å². The number of phenols is 1. The van der Waals surface area contributed by atoms with E-state index in [2.05, 4.69) is 13.8 Å². The second-order valence-electron chi connectivity index (χ2n) is 5.33. The van der Waals surface area contributed by atoms with Crippen LogP contribution < -0.4 is 5.73 Å². The number of benzene rings is 1. The van der Waals surface area contributed by atoms with Crippen LogP contribution in [0.4, 0.5) is 5.69 Å². The summed E-state index contributed by atoms with van der Waals surface area (Å²) in [6.45, 7) is 4.89. The molecule has 0 radical (unpaired) electrons. The number of phenolic OH excluding ortho intramolecular Hbond substituents is 1. The molecule has 0 aliphatic heterocycles. The average molecular weight is 248 g/mol. The molecule has 1 aromatic rings. The SMILES string of the molecule is CC(C)CN(C(=O)c1cccc(N)c1O)C1CC1. The molecule has 0 bridgehead atoms. The minimum absolute atomic E-state index is 0.100. The third-order valence-electron chi connectivity index (χ3n) is 3.11. The van der Waals surface area contributed by atoms with Crippen LogP contribution in [-0.2, 0) is 0 Å². The summed E-state index contributed by atoms with van der Waals surface area (Å²) in [5.74, 6) is 0.200. The highest BCUT2D eigenvalue weighted by Crippen LogP contribution is 2.32. The van der Waals surface area contributed by atoms with Gasteiger partial charge in [-0.25, -0.2) is 0 Å². The van der Waals surface area contributed by atoms with Crippen LogP contribution in [-0.4, -0.2) is 28.5 Å². The molecular formula is C14H20N2O2. The van der Waals surface area contributed by atoms with Crippen LogP contribution >= 0.6 is 0 Å². The molecule has 98 valence electrons. The van der Waals surface area contributed by atoms with E-state index < -0.39 is 0 Å². The first-order valence-corrected chi connectivity index (χ1v) is 6.39. The number of amides is 1. The predicted molar refractivity (Wildman–Crippen MR) is 71.4 cm³/mol. The lowest BCUT2D eigenvalue weighted by atomic mass is 10.1. The third kappa shape index (κ3) is 2.58. The number of aromatic hydroxyl groups is 1. The number of nitrogens with two attached hydrogens (primary N) is 1. The van der Waals surface area contributed by atoms with Gasteiger partial charge in [-0.05, 0) is 30.9 Å². The van der Waals surface area contributed by atoms with E-state index in [1.165, 1.54) is 0 Å². The van der Waals surface area contributed by atoms with Gasteiger partial charge in [0.05, 0.1) is 11.3 Å². The van der Waals surface area contributed by atoms with Crippen molar-refractivity contribution in [2.45, 2.75) is 32.7 Å². The van der Waals surface area contributed by atoms with Gasteiger partial charge in [0.15, 0.2) is 5.75 Å². The Morgan fingerprint density at radius 3 is 2.72 bits per heavy atom. The zero-order chi connectivity index (χ0) is 13.3. The topological polar surface area (TPSA) is 66.6 Å². The molecule has 1 aliphatic rings. The molecule has 1 aliphatic carbocycles. The number of para-hydroxylation sites is 1. The van der Waals surface area contributed by atoms with Gasteiger partial charge >= 0.3 is 0 Å². The Balaban J connectivity index is 2.25. The molecule has 0 atom stereocenters. The van der Waals surface area contributed by atoms with Crippen LogP contribution in [0.25, 0.3) is 0 Å². The first kappa shape index (κ1) is 12.7. The fourth-order valence-electron chi connectivity index (χ4n) is 2.07. The summed E-state index contributed by atoms with van der Waals surface area (Å²) in [7, 11) is 0. The van der Waals surface area contributed by atoms with Crippen LogP contribution in [0.15, 0.2) is 18.2 Å². The van der Waals surface area contributed by atoms with Gasteiger partial charge in [-0.3, -0.25) is 4.79 Å². The van der Waals surface area contributed by atoms with Crippen LogP contribution in [0.1, 0.15) is 37.0 Å². The molecule has 1 amide bonds. The minimum Gasteiger partial charge on any atom is -0.505 e. The summed E-state index contributed by atoms with van der Waals surface area (Å²) in [5.41, 5.74) is 6.19. The standard InChI is InChI=1S/C14H20N2O2/c1-9(2)8-16(10-6-7-10)14(18)11-4-3-5-12(15)13(11)17/h3-5,9-10,17H,6-8,15H2,1-2H3. The van der Waals surface area contributed by atoms with E-state index in [9.17, 15) is 9.90 Å². The summed E-state index contributed by atoms with van der Waals surface area (Å²) in [6, 6.07) is 5.25. The van der Waals surface area contributed by atoms with E-state index in [0.717, 1.165) is 19.4 Å². The molecule has 1 saturated carbocycles. The number of hydrogen-bond donors (Lipinski definition) is 2. The van der Waals surface area contributed by atoms with Crippen molar-refractivity contribution < 1.29 is 9.90 Å². The average Bonchev–Trinajstić information content (AvgIpc) is 3.12. The molecular weight excluding hydrogens is 228 g/mol. The van der Waals surface area contributed by atoms with Crippen molar-refractivity contribution >= 4 is 11.6 Å². The normalized spacial score (nSPS) is 14.8. The molecule has 1 fully saturated rings. The molecule has 0 aromatic heterocycles. The van der Waals surface area contributed by atoms with Gasteiger partial charge in [-0.2, -0.15) is 0 Å². The lowest BCUT2D eigenvalue weighted by Crippen LogP contribution is -2.36. The molecule has 1 aromatic carbocycles. The Morgan fingerprint density at radius 2 is 2.17 bits per heavy atom. The van der Waals surface area contributed by atoms with Gasteiger partial charge in [0.2, 0.25) is 0 Å². The number of hydrogen-bond acceptors (Lipinski definition) is 3. The van der Waals surface area contributed by atoms with Gasteiger partial charge < -0.3 is 15.7 Å². The molecule has 4 heteroatoms. The lowest BCUT2D eigenvalue weighted by molar-refractivity contribution is 0.0719. The van der Waals surface area contributed by atoms with Crippen molar-refractivity contribution in [2.75, 3.05) is 12.3 Å². The van der Waals surface area contributed by atoms with Gasteiger partial charge in [0.25, 0.3) is 5.91 Å². The highest BCUT2D eigenvalue weighted by molar-refractivity contribution is 5.98. The largest absolute Gasteiger partial charge is 0.505 e. The number of anilines is 1. The van der Waals surface area contributed by atoms with E-state index in [1.807, 2.05) is 4.90 Å². The third-order valence-corrected chi connectivity index (χ3v) is 3.11. The zero-order valence-electron chi connectivity index (χ0n) is 10.9. The van der Waals surface area contributed by atoms with Crippen molar-refractivity contribution in [1.29, 1.82) is 0 Å². The molecule has 4 nitrogen and oxygen atoms in total. The molecule has 0 heterocycles. The predicted octanol–water partition coefficient (Wildman–Crippen LogP) is 2.24. The summed E-state index contributed by atoms with van der Waals surface area (Å²) < 4.78 is 0. The fraction of sp³-hybridized carbons (Fsp3) is 0.500. The summed E-state index contributed by atoms with van der Waals surface area (Å²) in [5, 5.41) is 9.88. The maximum absolute atomic E-state index is 12.4. The second-order valence-corrected chi connectivity index (χ2v) is 5.33. The number of nitrogen functional groups attached to an aromatic ring is 1. The summed E-state index contributed by atoms with van der Waals surface area (Å²) in [6.07, 6.45) is 2.11. The second kappa shape index (κ2) is 4.88. The van der Waals surface area contributed by atoms with Gasteiger partial charge in [0, 0.05) is 12.6 Å². The van der Waals surface area contributed by atoms with Crippen molar-refractivity contribution in [3.63, 3.8) is 0 Å². The van der Waals surface area contributed by atoms with Crippen molar-refractivity contribution in [3.8, 4) is 5.75 Å². The molecule has 3 N–H and O–H groups in total. The first-order chi connectivity index (χ1) is 8.50. The van der Waals surface area contributed by atoms with Gasteiger partial charge in [-0.1, -0.05) is 19.9 Å². The highest BCUT2D eigenvalue weighted by atomic mass is 16.3. The number of rotatable bonds is 4. The van der Waals surface area contributed by atoms with E-state index in [-0.39, 0.29) is 17.3 Å². The molecule has 0 unspecified atom stereocenters. The fourth-order valence-corrected chi connectivity index (χ4v) is 2.07. The Kier molecular flexibility index (Phi) is 3.45. The molecule has 0 spiro atoms. The number of carbonyl (C=O) groups excluding carboxylic acids is 1. The van der Waals surface area contributed by atoms with Crippen molar-refractivity contribution in [2.24, 2.45) is 5.92 Å². The monoisotopic (exact) mass is 248 g/mol. The van der Waals surface area contributed by atoms with Crippen molar-refractivity contribution in [3.05, 3.63) is 23.8 Å². The number of carbonyl (C=O) groups is 1. The minimum atomic E-state index is -0.115. The maximum atomic E-state index is 12.4. The smallest absolute Gasteiger partial charge is 0.257 e. The van der Waals surface area contributed by atoms with E-state index >= 15 is 0 Å². The quantitative estimate of drug-likeness (QED) is 0.634. The van der Waals surface area contributed by atoms with Crippen LogP contribution in [0.5, 0.6) is 5.75 Å². The van der Waals surface area contributed by atoms with E-state index in [4.69, 9.17) is 5.73 Å².